The van der Waals surface area contributed by atoms with Crippen LogP contribution in [0.5, 0.6) is 0 Å². The quantitative estimate of drug-likeness (QED) is 0.503. The van der Waals surface area contributed by atoms with Crippen LogP contribution in [0.25, 0.3) is 0 Å². The first kappa shape index (κ1) is 14.9. The van der Waals surface area contributed by atoms with E-state index in [2.05, 4.69) is 5.32 Å². The van der Waals surface area contributed by atoms with Crippen molar-refractivity contribution in [1.29, 1.82) is 0 Å². The van der Waals surface area contributed by atoms with Crippen molar-refractivity contribution in [2.75, 3.05) is 7.05 Å². The van der Waals surface area contributed by atoms with E-state index in [4.69, 9.17) is 11.6 Å². The van der Waals surface area contributed by atoms with Gasteiger partial charge in [-0.3, -0.25) is 29.4 Å². The van der Waals surface area contributed by atoms with Crippen LogP contribution in [0.3, 0.4) is 0 Å². The van der Waals surface area contributed by atoms with Crippen LogP contribution in [-0.4, -0.2) is 40.6 Å². The maximum Gasteiger partial charge on any atom is 0.300 e. The number of likely N-dealkylation sites (tertiary alicyclic amines) is 1. The number of rotatable bonds is 3. The van der Waals surface area contributed by atoms with Gasteiger partial charge in [0.25, 0.3) is 11.8 Å². The minimum absolute atomic E-state index is 0.171. The number of likely N-dealkylation sites (N-methyl/N-ethyl adjacent to an activating group) is 1. The molecule has 1 atom stereocenters. The zero-order valence-electron chi connectivity index (χ0n) is 10.8. The summed E-state index contributed by atoms with van der Waals surface area (Å²) in [4.78, 5) is 46.2. The Bertz CT molecular complexity index is 660. The topological polar surface area (TPSA) is 110 Å². The lowest BCUT2D eigenvalue weighted by Gasteiger charge is -2.11. The Labute approximate surface area is 123 Å². The highest BCUT2D eigenvalue weighted by molar-refractivity contribution is 6.33. The minimum Gasteiger partial charge on any atom is -0.339 e. The van der Waals surface area contributed by atoms with Gasteiger partial charge in [0.15, 0.2) is 0 Å². The molecule has 1 aliphatic heterocycles. The summed E-state index contributed by atoms with van der Waals surface area (Å²) >= 11 is 5.71. The number of benzene rings is 1. The summed E-state index contributed by atoms with van der Waals surface area (Å²) in [5, 5.41) is 13.1. The summed E-state index contributed by atoms with van der Waals surface area (Å²) in [6, 6.07) is 2.88. The molecule has 0 aliphatic carbocycles. The molecule has 1 heterocycles. The van der Waals surface area contributed by atoms with Gasteiger partial charge in [0.1, 0.15) is 16.6 Å². The number of hydrogen-bond donors (Lipinski definition) is 1. The lowest BCUT2D eigenvalue weighted by Crippen LogP contribution is -2.40. The molecule has 3 amide bonds. The number of carbonyl (C=O) groups excluding carboxylic acids is 3. The number of para-hydroxylation sites is 1. The van der Waals surface area contributed by atoms with Gasteiger partial charge in [-0.05, 0) is 12.1 Å². The molecule has 1 aromatic carbocycles. The first-order valence-corrected chi connectivity index (χ1v) is 6.25. The summed E-state index contributed by atoms with van der Waals surface area (Å²) in [6.45, 7) is 0. The van der Waals surface area contributed by atoms with Gasteiger partial charge < -0.3 is 5.32 Å². The second-order valence-corrected chi connectivity index (χ2v) is 4.82. The zero-order chi connectivity index (χ0) is 15.7. The molecule has 8 nitrogen and oxygen atoms in total. The summed E-state index contributed by atoms with van der Waals surface area (Å²) in [6.07, 6.45) is -0.171. The molecule has 0 saturated carbocycles. The Balaban J connectivity index is 2.26. The number of nitro groups is 1. The number of hydrogen-bond acceptors (Lipinski definition) is 5. The van der Waals surface area contributed by atoms with Crippen molar-refractivity contribution in [3.8, 4) is 0 Å². The summed E-state index contributed by atoms with van der Waals surface area (Å²) in [7, 11) is 1.30. The van der Waals surface area contributed by atoms with E-state index < -0.39 is 34.4 Å². The zero-order valence-corrected chi connectivity index (χ0v) is 11.6. The standard InChI is InChI=1S/C12H10ClN3O5/c1-15-9(17)5-8(12(15)19)14-11(18)6-3-2-4-7(13)10(6)16(20)21/h2-4,8H,5H2,1H3,(H,14,18). The van der Waals surface area contributed by atoms with E-state index in [0.29, 0.717) is 0 Å². The van der Waals surface area contributed by atoms with Crippen LogP contribution in [0.1, 0.15) is 16.8 Å². The monoisotopic (exact) mass is 311 g/mol. The Morgan fingerprint density at radius 2 is 2.14 bits per heavy atom. The molecule has 9 heteroatoms. The number of nitro benzene ring substituents is 1. The van der Waals surface area contributed by atoms with E-state index in [9.17, 15) is 24.5 Å². The number of amides is 3. The first-order valence-electron chi connectivity index (χ1n) is 5.87. The van der Waals surface area contributed by atoms with Crippen molar-refractivity contribution in [2.45, 2.75) is 12.5 Å². The van der Waals surface area contributed by atoms with Crippen molar-refractivity contribution >= 4 is 35.0 Å². The van der Waals surface area contributed by atoms with E-state index in [1.54, 1.807) is 0 Å². The second kappa shape index (κ2) is 5.49. The van der Waals surface area contributed by atoms with Crippen LogP contribution in [0.4, 0.5) is 5.69 Å². The molecule has 1 N–H and O–H groups in total. The van der Waals surface area contributed by atoms with Crippen LogP contribution < -0.4 is 5.32 Å². The van der Waals surface area contributed by atoms with E-state index in [0.717, 1.165) is 4.90 Å². The Morgan fingerprint density at radius 3 is 2.67 bits per heavy atom. The van der Waals surface area contributed by atoms with Gasteiger partial charge in [-0.25, -0.2) is 0 Å². The van der Waals surface area contributed by atoms with Crippen molar-refractivity contribution in [3.63, 3.8) is 0 Å². The lowest BCUT2D eigenvalue weighted by atomic mass is 10.1. The van der Waals surface area contributed by atoms with E-state index in [1.807, 2.05) is 0 Å². The maximum absolute atomic E-state index is 12.1. The molecule has 1 saturated heterocycles. The molecule has 21 heavy (non-hydrogen) atoms. The number of nitrogens with zero attached hydrogens (tertiary/aromatic N) is 2. The molecule has 0 aromatic heterocycles. The van der Waals surface area contributed by atoms with Crippen molar-refractivity contribution in [2.24, 2.45) is 0 Å². The van der Waals surface area contributed by atoms with Crippen LogP contribution in [0.15, 0.2) is 18.2 Å². The van der Waals surface area contributed by atoms with Crippen LogP contribution >= 0.6 is 11.6 Å². The van der Waals surface area contributed by atoms with Crippen molar-refractivity contribution < 1.29 is 19.3 Å². The van der Waals surface area contributed by atoms with E-state index >= 15 is 0 Å². The van der Waals surface area contributed by atoms with Gasteiger partial charge in [0.2, 0.25) is 5.91 Å². The van der Waals surface area contributed by atoms with Gasteiger partial charge in [-0.2, -0.15) is 0 Å². The third kappa shape index (κ3) is 2.70. The normalized spacial score (nSPS) is 18.0. The average Bonchev–Trinajstić information content (AvgIpc) is 2.65. The molecule has 1 fully saturated rings. The predicted octanol–water partition coefficient (Wildman–Crippen LogP) is 0.735. The first-order chi connectivity index (χ1) is 9.82. The van der Waals surface area contributed by atoms with Crippen LogP contribution in [0.2, 0.25) is 5.02 Å². The highest BCUT2D eigenvalue weighted by atomic mass is 35.5. The van der Waals surface area contributed by atoms with Gasteiger partial charge in [0.05, 0.1) is 11.3 Å². The molecular weight excluding hydrogens is 302 g/mol. The third-order valence-corrected chi connectivity index (χ3v) is 3.41. The maximum atomic E-state index is 12.1. The van der Waals surface area contributed by atoms with Crippen LogP contribution in [-0.2, 0) is 9.59 Å². The molecule has 2 rings (SSSR count). The third-order valence-electron chi connectivity index (χ3n) is 3.10. The molecule has 1 aromatic rings. The van der Waals surface area contributed by atoms with Gasteiger partial charge in [-0.1, -0.05) is 17.7 Å². The predicted molar refractivity (Wildman–Crippen MR) is 71.8 cm³/mol. The average molecular weight is 312 g/mol. The number of imide groups is 1. The highest BCUT2D eigenvalue weighted by Crippen LogP contribution is 2.28. The summed E-state index contributed by atoms with van der Waals surface area (Å²) in [5.74, 6) is -1.81. The Hall–Kier alpha value is -2.48. The molecule has 1 unspecified atom stereocenters. The van der Waals surface area contributed by atoms with E-state index in [1.165, 1.54) is 25.2 Å². The number of nitrogens with one attached hydrogen (secondary N) is 1. The Kier molecular flexibility index (Phi) is 3.90. The molecule has 0 bridgehead atoms. The smallest absolute Gasteiger partial charge is 0.300 e. The largest absolute Gasteiger partial charge is 0.339 e. The fourth-order valence-corrected chi connectivity index (χ4v) is 2.23. The van der Waals surface area contributed by atoms with Gasteiger partial charge in [-0.15, -0.1) is 0 Å². The van der Waals surface area contributed by atoms with Gasteiger partial charge in [0, 0.05) is 7.05 Å². The SMILES string of the molecule is CN1C(=O)CC(NC(=O)c2cccc(Cl)c2[N+](=O)[O-])C1=O. The Morgan fingerprint density at radius 1 is 1.48 bits per heavy atom. The molecule has 0 spiro atoms. The molecule has 1 aliphatic rings. The number of carbonyl (C=O) groups is 3. The number of halogens is 1. The summed E-state index contributed by atoms with van der Waals surface area (Å²) < 4.78 is 0. The molecular formula is C12H10ClN3O5. The fourth-order valence-electron chi connectivity index (χ4n) is 1.99. The van der Waals surface area contributed by atoms with Crippen molar-refractivity contribution in [1.82, 2.24) is 10.2 Å². The highest BCUT2D eigenvalue weighted by Gasteiger charge is 2.38. The fraction of sp³-hybridized carbons (Fsp3) is 0.250. The minimum atomic E-state index is -1.02. The second-order valence-electron chi connectivity index (χ2n) is 4.41. The summed E-state index contributed by atoms with van der Waals surface area (Å²) in [5.41, 5.74) is -0.802. The molecule has 0 radical (unpaired) electrons. The van der Waals surface area contributed by atoms with Crippen LogP contribution in [0, 0.1) is 10.1 Å². The molecule has 110 valence electrons. The van der Waals surface area contributed by atoms with E-state index in [-0.39, 0.29) is 17.0 Å². The van der Waals surface area contributed by atoms with Crippen molar-refractivity contribution in [3.05, 3.63) is 38.9 Å². The lowest BCUT2D eigenvalue weighted by molar-refractivity contribution is -0.385. The van der Waals surface area contributed by atoms with Gasteiger partial charge >= 0.3 is 5.69 Å².